The van der Waals surface area contributed by atoms with Crippen molar-refractivity contribution in [3.8, 4) is 0 Å². The first-order valence-corrected chi connectivity index (χ1v) is 6.89. The molecule has 0 bridgehead atoms. The highest BCUT2D eigenvalue weighted by molar-refractivity contribution is 6.31. The third kappa shape index (κ3) is 2.10. The molecule has 1 aromatic carbocycles. The van der Waals surface area contributed by atoms with Gasteiger partial charge in [-0.05, 0) is 13.0 Å². The molecule has 0 radical (unpaired) electrons. The number of hydrogen-bond acceptors (Lipinski definition) is 2. The second-order valence-electron chi connectivity index (χ2n) is 5.22. The summed E-state index contributed by atoms with van der Waals surface area (Å²) in [6.07, 6.45) is 0.481. The molecule has 112 valence electrons. The number of carbonyl (C=O) groups excluding carboxylic acids is 1. The summed E-state index contributed by atoms with van der Waals surface area (Å²) >= 11 is 5.58. The van der Waals surface area contributed by atoms with Gasteiger partial charge in [0.05, 0.1) is 5.52 Å². The number of aliphatic hydroxyl groups is 1. The van der Waals surface area contributed by atoms with Gasteiger partial charge in [-0.3, -0.25) is 4.79 Å². The van der Waals surface area contributed by atoms with E-state index in [9.17, 15) is 13.6 Å². The Balaban J connectivity index is 2.17. The van der Waals surface area contributed by atoms with Gasteiger partial charge in [-0.25, -0.2) is 8.78 Å². The number of halogens is 3. The van der Waals surface area contributed by atoms with Crippen molar-refractivity contribution in [2.45, 2.75) is 25.9 Å². The highest BCUT2D eigenvalue weighted by Crippen LogP contribution is 2.34. The van der Waals surface area contributed by atoms with Crippen molar-refractivity contribution in [3.05, 3.63) is 34.0 Å². The van der Waals surface area contributed by atoms with Gasteiger partial charge in [0, 0.05) is 35.7 Å². The summed E-state index contributed by atoms with van der Waals surface area (Å²) in [5.74, 6) is -2.06. The van der Waals surface area contributed by atoms with E-state index in [1.54, 1.807) is 0 Å². The molecule has 1 aliphatic heterocycles. The molecule has 0 spiro atoms. The van der Waals surface area contributed by atoms with Crippen molar-refractivity contribution in [1.29, 1.82) is 0 Å². The minimum absolute atomic E-state index is 0.131. The van der Waals surface area contributed by atoms with Gasteiger partial charge in [0.25, 0.3) is 0 Å². The van der Waals surface area contributed by atoms with E-state index in [0.29, 0.717) is 17.4 Å². The average molecular weight is 315 g/mol. The van der Waals surface area contributed by atoms with Gasteiger partial charge < -0.3 is 15.0 Å². The molecule has 0 aliphatic carbocycles. The van der Waals surface area contributed by atoms with Gasteiger partial charge in [-0.1, -0.05) is 11.6 Å². The predicted molar refractivity (Wildman–Crippen MR) is 74.0 cm³/mol. The number of nitrogens with zero attached hydrogens (tertiary/aromatic N) is 1. The summed E-state index contributed by atoms with van der Waals surface area (Å²) in [5.41, 5.74) is 1.58. The zero-order chi connectivity index (χ0) is 15.3. The summed E-state index contributed by atoms with van der Waals surface area (Å²) in [7, 11) is 0. The monoisotopic (exact) mass is 314 g/mol. The maximum Gasteiger partial charge on any atom is 0.248 e. The number of rotatable bonds is 1. The van der Waals surface area contributed by atoms with Crippen LogP contribution in [0.1, 0.15) is 18.2 Å². The maximum absolute atomic E-state index is 14.0. The van der Waals surface area contributed by atoms with Crippen LogP contribution in [-0.4, -0.2) is 33.5 Å². The van der Waals surface area contributed by atoms with Crippen molar-refractivity contribution < 1.29 is 18.7 Å². The van der Waals surface area contributed by atoms with Crippen molar-refractivity contribution in [1.82, 2.24) is 9.88 Å². The Kier molecular flexibility index (Phi) is 3.37. The molecule has 0 fully saturated rings. The SMILES string of the molecule is C[C@@H]1Cc2[nH]c3c(F)c(Cl)c(F)cc3c2CN1C(=O)CO. The van der Waals surface area contributed by atoms with E-state index >= 15 is 0 Å². The number of hydrogen-bond donors (Lipinski definition) is 2. The molecule has 21 heavy (non-hydrogen) atoms. The Hall–Kier alpha value is -1.66. The maximum atomic E-state index is 14.0. The lowest BCUT2D eigenvalue weighted by atomic mass is 9.99. The van der Waals surface area contributed by atoms with Gasteiger partial charge in [0.15, 0.2) is 5.82 Å². The molecular weight excluding hydrogens is 302 g/mol. The van der Waals surface area contributed by atoms with Crippen LogP contribution in [0.15, 0.2) is 6.07 Å². The summed E-state index contributed by atoms with van der Waals surface area (Å²) < 4.78 is 27.7. The van der Waals surface area contributed by atoms with Crippen LogP contribution < -0.4 is 0 Å². The second-order valence-corrected chi connectivity index (χ2v) is 5.60. The van der Waals surface area contributed by atoms with Gasteiger partial charge >= 0.3 is 0 Å². The fourth-order valence-corrected chi connectivity index (χ4v) is 3.00. The van der Waals surface area contributed by atoms with Crippen molar-refractivity contribution in [3.63, 3.8) is 0 Å². The summed E-state index contributed by atoms with van der Waals surface area (Å²) in [6, 6.07) is 1.04. The molecule has 2 aromatic rings. The number of H-pyrrole nitrogens is 1. The van der Waals surface area contributed by atoms with E-state index in [0.717, 1.165) is 5.69 Å². The number of amides is 1. The fourth-order valence-electron chi connectivity index (χ4n) is 2.86. The lowest BCUT2D eigenvalue weighted by Gasteiger charge is -2.33. The highest BCUT2D eigenvalue weighted by atomic mass is 35.5. The largest absolute Gasteiger partial charge is 0.387 e. The molecule has 7 heteroatoms. The molecule has 4 nitrogen and oxygen atoms in total. The minimum atomic E-state index is -0.831. The third-order valence-corrected chi connectivity index (χ3v) is 4.29. The molecule has 0 unspecified atom stereocenters. The molecule has 1 aromatic heterocycles. The van der Waals surface area contributed by atoms with Crippen LogP contribution in [0.25, 0.3) is 10.9 Å². The number of aromatic amines is 1. The zero-order valence-electron chi connectivity index (χ0n) is 11.2. The topological polar surface area (TPSA) is 56.3 Å². The van der Waals surface area contributed by atoms with Crippen LogP contribution in [0.3, 0.4) is 0 Å². The van der Waals surface area contributed by atoms with Gasteiger partial charge in [-0.2, -0.15) is 0 Å². The molecule has 0 saturated carbocycles. The van der Waals surface area contributed by atoms with Gasteiger partial charge in [0.2, 0.25) is 5.91 Å². The Morgan fingerprint density at radius 1 is 1.57 bits per heavy atom. The van der Waals surface area contributed by atoms with Crippen molar-refractivity contribution in [2.24, 2.45) is 0 Å². The Morgan fingerprint density at radius 3 is 2.95 bits per heavy atom. The first-order valence-electron chi connectivity index (χ1n) is 6.51. The normalized spacial score (nSPS) is 18.1. The fraction of sp³-hybridized carbons (Fsp3) is 0.357. The van der Waals surface area contributed by atoms with Crippen LogP contribution in [0.4, 0.5) is 8.78 Å². The molecule has 2 N–H and O–H groups in total. The number of benzene rings is 1. The molecule has 1 atom stereocenters. The molecule has 0 saturated heterocycles. The van der Waals surface area contributed by atoms with E-state index in [2.05, 4.69) is 4.98 Å². The van der Waals surface area contributed by atoms with E-state index in [4.69, 9.17) is 16.7 Å². The quantitative estimate of drug-likeness (QED) is 0.794. The van der Waals surface area contributed by atoms with Crippen LogP contribution in [0.2, 0.25) is 5.02 Å². The second kappa shape index (κ2) is 4.96. The molecular formula is C14H13ClF2N2O2. The standard InChI is InChI=1S/C14H13ClF2N2O2/c1-6-2-10-8(4-19(6)11(21)5-20)7-3-9(16)12(15)13(17)14(7)18-10/h3,6,18,20H,2,4-5H2,1H3/t6-/m1/s1. The highest BCUT2D eigenvalue weighted by Gasteiger charge is 2.30. The Bertz CT molecular complexity index is 744. The lowest BCUT2D eigenvalue weighted by Crippen LogP contribution is -2.43. The van der Waals surface area contributed by atoms with Crippen LogP contribution >= 0.6 is 11.6 Å². The van der Waals surface area contributed by atoms with E-state index in [-0.39, 0.29) is 18.1 Å². The average Bonchev–Trinajstić information content (AvgIpc) is 2.81. The van der Waals surface area contributed by atoms with Crippen LogP contribution in [0, 0.1) is 11.6 Å². The first-order chi connectivity index (χ1) is 9.93. The number of aromatic nitrogens is 1. The molecule has 2 heterocycles. The summed E-state index contributed by atoms with van der Waals surface area (Å²) in [4.78, 5) is 16.2. The Labute approximate surface area is 124 Å². The van der Waals surface area contributed by atoms with Gasteiger partial charge in [-0.15, -0.1) is 0 Å². The third-order valence-electron chi connectivity index (χ3n) is 3.94. The van der Waals surface area contributed by atoms with Gasteiger partial charge in [0.1, 0.15) is 17.4 Å². The first kappa shape index (κ1) is 14.3. The van der Waals surface area contributed by atoms with Crippen LogP contribution in [-0.2, 0) is 17.8 Å². The molecule has 3 rings (SSSR count). The van der Waals surface area contributed by atoms with E-state index < -0.39 is 29.2 Å². The van der Waals surface area contributed by atoms with Crippen molar-refractivity contribution in [2.75, 3.05) is 6.61 Å². The number of carbonyl (C=O) groups is 1. The number of fused-ring (bicyclic) bond motifs is 3. The van der Waals surface area contributed by atoms with Crippen LogP contribution in [0.5, 0.6) is 0 Å². The minimum Gasteiger partial charge on any atom is -0.387 e. The predicted octanol–water partition coefficient (Wildman–Crippen LogP) is 2.37. The van der Waals surface area contributed by atoms with E-state index in [1.165, 1.54) is 11.0 Å². The summed E-state index contributed by atoms with van der Waals surface area (Å²) in [6.45, 7) is 1.46. The molecule has 1 aliphatic rings. The Morgan fingerprint density at radius 2 is 2.29 bits per heavy atom. The van der Waals surface area contributed by atoms with E-state index in [1.807, 2.05) is 6.92 Å². The number of aliphatic hydroxyl groups excluding tert-OH is 1. The van der Waals surface area contributed by atoms with Crippen molar-refractivity contribution >= 4 is 28.4 Å². The zero-order valence-corrected chi connectivity index (χ0v) is 12.0. The smallest absolute Gasteiger partial charge is 0.248 e. The lowest BCUT2D eigenvalue weighted by molar-refractivity contribution is -0.137. The summed E-state index contributed by atoms with van der Waals surface area (Å²) in [5, 5.41) is 8.84. The number of nitrogens with one attached hydrogen (secondary N) is 1. The molecule has 1 amide bonds.